The van der Waals surface area contributed by atoms with E-state index in [9.17, 15) is 4.79 Å². The molecule has 28 heavy (non-hydrogen) atoms. The van der Waals surface area contributed by atoms with E-state index in [1.165, 1.54) is 16.9 Å². The van der Waals surface area contributed by atoms with Crippen LogP contribution in [0.1, 0.15) is 39.2 Å². The Hall–Kier alpha value is -2.92. The number of carbonyl (C=O) groups excluding carboxylic acids is 1. The second-order valence-corrected chi connectivity index (χ2v) is 7.83. The van der Waals surface area contributed by atoms with Crippen LogP contribution in [0.5, 0.6) is 5.75 Å². The molecular formula is C23H22N2O2S. The second kappa shape index (κ2) is 8.40. The molecule has 1 aliphatic carbocycles. The third-order valence-electron chi connectivity index (χ3n) is 4.86. The molecule has 2 aromatic carbocycles. The molecule has 1 aromatic heterocycles. The zero-order valence-corrected chi connectivity index (χ0v) is 16.6. The average Bonchev–Trinajstić information content (AvgIpc) is 3.12. The Morgan fingerprint density at radius 2 is 1.82 bits per heavy atom. The van der Waals surface area contributed by atoms with Gasteiger partial charge in [0.15, 0.2) is 0 Å². The Morgan fingerprint density at radius 1 is 1.07 bits per heavy atom. The molecule has 4 nitrogen and oxygen atoms in total. The Balaban J connectivity index is 1.65. The predicted molar refractivity (Wildman–Crippen MR) is 116 cm³/mol. The molecular weight excluding hydrogens is 368 g/mol. The summed E-state index contributed by atoms with van der Waals surface area (Å²) in [6.45, 7) is 0. The van der Waals surface area contributed by atoms with Gasteiger partial charge in [-0.15, -0.1) is 11.3 Å². The number of hydrogen-bond donors (Lipinski definition) is 1. The van der Waals surface area contributed by atoms with E-state index in [1.54, 1.807) is 18.4 Å². The molecule has 0 saturated heterocycles. The van der Waals surface area contributed by atoms with Crippen molar-refractivity contribution in [3.05, 3.63) is 76.2 Å². The van der Waals surface area contributed by atoms with Crippen molar-refractivity contribution in [1.29, 1.82) is 0 Å². The summed E-state index contributed by atoms with van der Waals surface area (Å²) in [6.07, 6.45) is 6.09. The summed E-state index contributed by atoms with van der Waals surface area (Å²) in [7, 11) is 1.65. The average molecular weight is 391 g/mol. The lowest BCUT2D eigenvalue weighted by Crippen LogP contribution is -2.14. The number of methoxy groups -OCH3 is 1. The Bertz CT molecular complexity index is 991. The van der Waals surface area contributed by atoms with Gasteiger partial charge in [-0.3, -0.25) is 4.79 Å². The van der Waals surface area contributed by atoms with Crippen LogP contribution in [0.15, 0.2) is 59.6 Å². The first-order valence-electron chi connectivity index (χ1n) is 9.43. The van der Waals surface area contributed by atoms with Crippen LogP contribution in [0.3, 0.4) is 0 Å². The number of nitrogens with zero attached hydrogens (tertiary/aromatic N) is 1. The van der Waals surface area contributed by atoms with Gasteiger partial charge >= 0.3 is 0 Å². The first-order valence-corrected chi connectivity index (χ1v) is 10.3. The van der Waals surface area contributed by atoms with Crippen LogP contribution < -0.4 is 10.1 Å². The lowest BCUT2D eigenvalue weighted by atomic mass is 9.95. The van der Waals surface area contributed by atoms with Gasteiger partial charge in [0.05, 0.1) is 12.7 Å². The van der Waals surface area contributed by atoms with Gasteiger partial charge in [-0.1, -0.05) is 18.2 Å². The topological polar surface area (TPSA) is 50.7 Å². The van der Waals surface area contributed by atoms with Crippen molar-refractivity contribution in [3.8, 4) is 5.75 Å². The summed E-state index contributed by atoms with van der Waals surface area (Å²) < 4.78 is 5.20. The van der Waals surface area contributed by atoms with E-state index in [-0.39, 0.29) is 5.91 Å². The van der Waals surface area contributed by atoms with E-state index in [0.29, 0.717) is 0 Å². The van der Waals surface area contributed by atoms with Crippen LogP contribution in [0, 0.1) is 0 Å². The van der Waals surface area contributed by atoms with Crippen LogP contribution >= 0.6 is 11.3 Å². The zero-order chi connectivity index (χ0) is 19.3. The van der Waals surface area contributed by atoms with E-state index < -0.39 is 0 Å². The van der Waals surface area contributed by atoms with Crippen molar-refractivity contribution in [3.63, 3.8) is 0 Å². The van der Waals surface area contributed by atoms with Gasteiger partial charge in [0.25, 0.3) is 5.91 Å². The van der Waals surface area contributed by atoms with E-state index in [0.717, 1.165) is 46.8 Å². The SMILES string of the molecule is COc1ccc(/C=N/c2sc3c(c2C(=O)Nc2ccccc2)CCCC3)cc1. The van der Waals surface area contributed by atoms with Crippen molar-refractivity contribution in [1.82, 2.24) is 0 Å². The Labute approximate surface area is 168 Å². The zero-order valence-electron chi connectivity index (χ0n) is 15.8. The number of thiophene rings is 1. The number of carbonyl (C=O) groups is 1. The van der Waals surface area contributed by atoms with E-state index in [1.807, 2.05) is 60.8 Å². The largest absolute Gasteiger partial charge is 0.497 e. The number of amides is 1. The summed E-state index contributed by atoms with van der Waals surface area (Å²) in [5.74, 6) is 0.735. The minimum atomic E-state index is -0.0764. The number of anilines is 1. The molecule has 1 heterocycles. The van der Waals surface area contributed by atoms with Crippen molar-refractivity contribution in [2.45, 2.75) is 25.7 Å². The number of para-hydroxylation sites is 1. The van der Waals surface area contributed by atoms with Crippen molar-refractivity contribution in [2.24, 2.45) is 4.99 Å². The van der Waals surface area contributed by atoms with Gasteiger partial charge in [-0.05, 0) is 73.2 Å². The van der Waals surface area contributed by atoms with Gasteiger partial charge < -0.3 is 10.1 Å². The van der Waals surface area contributed by atoms with Gasteiger partial charge in [0, 0.05) is 16.8 Å². The lowest BCUT2D eigenvalue weighted by Gasteiger charge is -2.12. The summed E-state index contributed by atoms with van der Waals surface area (Å²) in [4.78, 5) is 19.1. The third kappa shape index (κ3) is 3.99. The van der Waals surface area contributed by atoms with E-state index in [2.05, 4.69) is 5.32 Å². The number of benzene rings is 2. The van der Waals surface area contributed by atoms with Crippen LogP contribution in [0.4, 0.5) is 10.7 Å². The second-order valence-electron chi connectivity index (χ2n) is 6.74. The molecule has 0 fully saturated rings. The monoisotopic (exact) mass is 390 g/mol. The highest BCUT2D eigenvalue weighted by molar-refractivity contribution is 7.16. The maximum Gasteiger partial charge on any atom is 0.259 e. The normalized spacial score (nSPS) is 13.3. The van der Waals surface area contributed by atoms with Crippen molar-refractivity contribution in [2.75, 3.05) is 12.4 Å². The molecule has 5 heteroatoms. The standard InChI is InChI=1S/C23H22N2O2S/c1-27-18-13-11-16(12-14-18)15-24-23-21(19-9-5-6-10-20(19)28-23)22(26)25-17-7-3-2-4-8-17/h2-4,7-8,11-15H,5-6,9-10H2,1H3,(H,25,26)/b24-15+. The van der Waals surface area contributed by atoms with E-state index in [4.69, 9.17) is 9.73 Å². The quantitative estimate of drug-likeness (QED) is 0.573. The molecule has 0 unspecified atom stereocenters. The lowest BCUT2D eigenvalue weighted by molar-refractivity contribution is 0.102. The molecule has 0 atom stereocenters. The summed E-state index contributed by atoms with van der Waals surface area (Å²) in [5, 5.41) is 3.81. The molecule has 3 aromatic rings. The molecule has 4 rings (SSSR count). The number of aryl methyl sites for hydroxylation is 1. The number of ether oxygens (including phenoxy) is 1. The summed E-state index contributed by atoms with van der Waals surface area (Å²) >= 11 is 1.64. The highest BCUT2D eigenvalue weighted by Crippen LogP contribution is 2.40. The molecule has 0 aliphatic heterocycles. The number of aliphatic imine (C=N–C) groups is 1. The molecule has 1 N–H and O–H groups in total. The molecule has 142 valence electrons. The fraction of sp³-hybridized carbons (Fsp3) is 0.217. The molecule has 0 radical (unpaired) electrons. The maximum atomic E-state index is 13.1. The number of nitrogens with one attached hydrogen (secondary N) is 1. The molecule has 0 spiro atoms. The van der Waals surface area contributed by atoms with Crippen LogP contribution in [0.2, 0.25) is 0 Å². The van der Waals surface area contributed by atoms with Gasteiger partial charge in [0.1, 0.15) is 10.8 Å². The van der Waals surface area contributed by atoms with Gasteiger partial charge in [-0.25, -0.2) is 4.99 Å². The van der Waals surface area contributed by atoms with Crippen LogP contribution in [-0.4, -0.2) is 19.2 Å². The Morgan fingerprint density at radius 3 is 2.57 bits per heavy atom. The molecule has 0 bridgehead atoms. The van der Waals surface area contributed by atoms with Crippen molar-refractivity contribution >= 4 is 34.1 Å². The fourth-order valence-corrected chi connectivity index (χ4v) is 4.65. The molecule has 0 saturated carbocycles. The maximum absolute atomic E-state index is 13.1. The number of fused-ring (bicyclic) bond motifs is 1. The first-order chi connectivity index (χ1) is 13.7. The first kappa shape index (κ1) is 18.4. The Kier molecular flexibility index (Phi) is 5.53. The van der Waals surface area contributed by atoms with Crippen LogP contribution in [-0.2, 0) is 12.8 Å². The number of rotatable bonds is 5. The molecule has 1 amide bonds. The predicted octanol–water partition coefficient (Wildman–Crippen LogP) is 5.64. The fourth-order valence-electron chi connectivity index (χ4n) is 3.41. The van der Waals surface area contributed by atoms with E-state index >= 15 is 0 Å². The smallest absolute Gasteiger partial charge is 0.259 e. The van der Waals surface area contributed by atoms with Gasteiger partial charge in [-0.2, -0.15) is 0 Å². The summed E-state index contributed by atoms with van der Waals surface area (Å²) in [6, 6.07) is 17.3. The van der Waals surface area contributed by atoms with Crippen LogP contribution in [0.25, 0.3) is 0 Å². The minimum Gasteiger partial charge on any atom is -0.497 e. The highest BCUT2D eigenvalue weighted by Gasteiger charge is 2.25. The minimum absolute atomic E-state index is 0.0764. The number of hydrogen-bond acceptors (Lipinski definition) is 4. The van der Waals surface area contributed by atoms with Crippen molar-refractivity contribution < 1.29 is 9.53 Å². The molecule has 1 aliphatic rings. The third-order valence-corrected chi connectivity index (χ3v) is 6.06. The summed E-state index contributed by atoms with van der Waals surface area (Å²) in [5.41, 5.74) is 3.68. The van der Waals surface area contributed by atoms with Gasteiger partial charge in [0.2, 0.25) is 0 Å². The highest BCUT2D eigenvalue weighted by atomic mass is 32.1.